The van der Waals surface area contributed by atoms with Crippen LogP contribution >= 0.6 is 11.8 Å². The lowest BCUT2D eigenvalue weighted by atomic mass is 9.96. The van der Waals surface area contributed by atoms with Crippen LogP contribution in [0, 0.1) is 11.8 Å². The number of rotatable bonds is 9. The SMILES string of the molecule is COC(=O)[C@H](CSC(C)C1=CC2CCC1C2)NC(=O)[C@@H](N)CC(=O)O. The van der Waals surface area contributed by atoms with Crippen molar-refractivity contribution in [3.63, 3.8) is 0 Å². The van der Waals surface area contributed by atoms with Gasteiger partial charge in [-0.3, -0.25) is 9.59 Å². The minimum Gasteiger partial charge on any atom is -0.481 e. The van der Waals surface area contributed by atoms with E-state index in [1.165, 1.54) is 31.9 Å². The number of amides is 1. The van der Waals surface area contributed by atoms with Crippen molar-refractivity contribution in [1.29, 1.82) is 0 Å². The number of hydrogen-bond donors (Lipinski definition) is 3. The van der Waals surface area contributed by atoms with Crippen molar-refractivity contribution in [1.82, 2.24) is 5.32 Å². The fourth-order valence-electron chi connectivity index (χ4n) is 3.55. The van der Waals surface area contributed by atoms with Crippen molar-refractivity contribution < 1.29 is 24.2 Å². The van der Waals surface area contributed by atoms with Gasteiger partial charge in [-0.05, 0) is 38.0 Å². The molecule has 0 aromatic carbocycles. The van der Waals surface area contributed by atoms with Gasteiger partial charge in [-0.2, -0.15) is 11.8 Å². The Hall–Kier alpha value is -1.54. The number of aliphatic carboxylic acids is 1. The van der Waals surface area contributed by atoms with E-state index in [-0.39, 0.29) is 5.25 Å². The van der Waals surface area contributed by atoms with E-state index in [4.69, 9.17) is 15.6 Å². The smallest absolute Gasteiger partial charge is 0.329 e. The molecule has 5 atom stereocenters. The average Bonchev–Trinajstić information content (AvgIpc) is 3.19. The molecule has 0 heterocycles. The number of carbonyl (C=O) groups is 3. The molecule has 0 saturated heterocycles. The zero-order chi connectivity index (χ0) is 18.6. The number of hydrogen-bond acceptors (Lipinski definition) is 6. The Kier molecular flexibility index (Phi) is 6.89. The minimum absolute atomic E-state index is 0.270. The van der Waals surface area contributed by atoms with Crippen LogP contribution < -0.4 is 11.1 Å². The molecule has 0 aromatic rings. The van der Waals surface area contributed by atoms with Gasteiger partial charge in [-0.1, -0.05) is 11.6 Å². The molecule has 2 aliphatic rings. The largest absolute Gasteiger partial charge is 0.481 e. The lowest BCUT2D eigenvalue weighted by Gasteiger charge is -2.23. The van der Waals surface area contributed by atoms with Gasteiger partial charge in [-0.25, -0.2) is 4.79 Å². The standard InChI is InChI=1S/C17H26N2O5S/c1-9(12-6-10-3-4-11(12)5-10)25-8-14(17(23)24-2)19-16(22)13(18)7-15(20)21/h6,9-11,13-14H,3-5,7-8,18H2,1-2H3,(H,19,22)(H,20,21)/t9?,10?,11?,13-,14-/m0/s1. The van der Waals surface area contributed by atoms with Crippen molar-refractivity contribution in [3.05, 3.63) is 11.6 Å². The summed E-state index contributed by atoms with van der Waals surface area (Å²) in [5.74, 6) is -0.671. The lowest BCUT2D eigenvalue weighted by molar-refractivity contribution is -0.144. The van der Waals surface area contributed by atoms with Crippen molar-refractivity contribution >= 4 is 29.6 Å². The first-order valence-electron chi connectivity index (χ1n) is 8.50. The number of nitrogens with two attached hydrogens (primary N) is 1. The van der Waals surface area contributed by atoms with Gasteiger partial charge in [0, 0.05) is 11.0 Å². The number of carboxylic acid groups (broad SMARTS) is 1. The molecule has 0 aliphatic heterocycles. The zero-order valence-corrected chi connectivity index (χ0v) is 15.4. The average molecular weight is 370 g/mol. The summed E-state index contributed by atoms with van der Waals surface area (Å²) in [5.41, 5.74) is 6.99. The monoisotopic (exact) mass is 370 g/mol. The van der Waals surface area contributed by atoms with Crippen molar-refractivity contribution in [2.75, 3.05) is 12.9 Å². The van der Waals surface area contributed by atoms with Gasteiger partial charge in [-0.15, -0.1) is 0 Å². The normalized spacial score (nSPS) is 25.0. The molecule has 2 aliphatic carbocycles. The number of fused-ring (bicyclic) bond motifs is 2. The maximum Gasteiger partial charge on any atom is 0.329 e. The maximum atomic E-state index is 12.0. The molecule has 25 heavy (non-hydrogen) atoms. The molecule has 2 bridgehead atoms. The predicted molar refractivity (Wildman–Crippen MR) is 95.0 cm³/mol. The molecule has 1 saturated carbocycles. The van der Waals surface area contributed by atoms with Crippen LogP contribution in [0.5, 0.6) is 0 Å². The highest BCUT2D eigenvalue weighted by Gasteiger charge is 2.35. The Morgan fingerprint density at radius 1 is 1.44 bits per heavy atom. The van der Waals surface area contributed by atoms with Crippen LogP contribution in [0.3, 0.4) is 0 Å². The molecular weight excluding hydrogens is 344 g/mol. The van der Waals surface area contributed by atoms with Crippen molar-refractivity contribution in [2.45, 2.75) is 49.9 Å². The van der Waals surface area contributed by atoms with Crippen LogP contribution in [-0.4, -0.2) is 53.1 Å². The van der Waals surface area contributed by atoms with Gasteiger partial charge < -0.3 is 20.9 Å². The predicted octanol–water partition coefficient (Wildman–Crippen LogP) is 0.924. The third-order valence-corrected chi connectivity index (χ3v) is 6.19. The molecule has 3 unspecified atom stereocenters. The summed E-state index contributed by atoms with van der Waals surface area (Å²) in [6.07, 6.45) is 5.62. The number of allylic oxidation sites excluding steroid dienone is 1. The highest BCUT2D eigenvalue weighted by atomic mass is 32.2. The van der Waals surface area contributed by atoms with E-state index < -0.39 is 36.4 Å². The molecule has 1 fully saturated rings. The minimum atomic E-state index is -1.19. The molecule has 140 valence electrons. The molecule has 0 aromatic heterocycles. The van der Waals surface area contributed by atoms with Crippen LogP contribution in [-0.2, 0) is 19.1 Å². The van der Waals surface area contributed by atoms with E-state index in [2.05, 4.69) is 18.3 Å². The summed E-state index contributed by atoms with van der Waals surface area (Å²) in [6, 6.07) is -2.04. The Labute approximate surface area is 151 Å². The number of nitrogens with one attached hydrogen (secondary N) is 1. The summed E-state index contributed by atoms with van der Waals surface area (Å²) < 4.78 is 4.74. The highest BCUT2D eigenvalue weighted by molar-refractivity contribution is 8.00. The number of thioether (sulfide) groups is 1. The quantitative estimate of drug-likeness (QED) is 0.408. The van der Waals surface area contributed by atoms with Crippen LogP contribution in [0.25, 0.3) is 0 Å². The Bertz CT molecular complexity index is 565. The van der Waals surface area contributed by atoms with E-state index in [1.807, 2.05) is 0 Å². The van der Waals surface area contributed by atoms with Crippen LogP contribution in [0.15, 0.2) is 11.6 Å². The molecule has 8 heteroatoms. The first-order valence-corrected chi connectivity index (χ1v) is 9.55. The van der Waals surface area contributed by atoms with Crippen LogP contribution in [0.4, 0.5) is 0 Å². The van der Waals surface area contributed by atoms with Gasteiger partial charge in [0.05, 0.1) is 19.6 Å². The second kappa shape index (κ2) is 8.71. The lowest BCUT2D eigenvalue weighted by Crippen LogP contribution is -2.50. The summed E-state index contributed by atoms with van der Waals surface area (Å²) in [5, 5.41) is 11.5. The molecular formula is C17H26N2O5S. The van der Waals surface area contributed by atoms with E-state index in [1.54, 1.807) is 11.8 Å². The van der Waals surface area contributed by atoms with E-state index in [0.717, 1.165) is 0 Å². The van der Waals surface area contributed by atoms with Gasteiger partial charge >= 0.3 is 11.9 Å². The Morgan fingerprint density at radius 2 is 2.16 bits per heavy atom. The molecule has 7 nitrogen and oxygen atoms in total. The topological polar surface area (TPSA) is 119 Å². The van der Waals surface area contributed by atoms with Crippen LogP contribution in [0.1, 0.15) is 32.6 Å². The second-order valence-corrected chi connectivity index (χ2v) is 8.07. The highest BCUT2D eigenvalue weighted by Crippen LogP contribution is 2.46. The van der Waals surface area contributed by atoms with Crippen molar-refractivity contribution in [3.8, 4) is 0 Å². The number of ether oxygens (including phenoxy) is 1. The fraction of sp³-hybridized carbons (Fsp3) is 0.706. The number of methoxy groups -OCH3 is 1. The third-order valence-electron chi connectivity index (χ3n) is 4.89. The van der Waals surface area contributed by atoms with Gasteiger partial charge in [0.2, 0.25) is 5.91 Å². The van der Waals surface area contributed by atoms with E-state index in [0.29, 0.717) is 17.6 Å². The Morgan fingerprint density at radius 3 is 2.68 bits per heavy atom. The number of carboxylic acids is 1. The third kappa shape index (κ3) is 5.22. The summed E-state index contributed by atoms with van der Waals surface area (Å²) in [4.78, 5) is 34.6. The van der Waals surface area contributed by atoms with Gasteiger partial charge in [0.15, 0.2) is 0 Å². The summed E-state index contributed by atoms with van der Waals surface area (Å²) >= 11 is 1.59. The molecule has 2 rings (SSSR count). The fourth-order valence-corrected chi connectivity index (χ4v) is 4.72. The van der Waals surface area contributed by atoms with Gasteiger partial charge in [0.1, 0.15) is 6.04 Å². The first kappa shape index (κ1) is 19.8. The number of carbonyl (C=O) groups excluding carboxylic acids is 2. The van der Waals surface area contributed by atoms with Gasteiger partial charge in [0.25, 0.3) is 0 Å². The molecule has 1 amide bonds. The van der Waals surface area contributed by atoms with E-state index in [9.17, 15) is 14.4 Å². The molecule has 0 spiro atoms. The zero-order valence-electron chi connectivity index (χ0n) is 14.6. The summed E-state index contributed by atoms with van der Waals surface area (Å²) in [6.45, 7) is 2.11. The second-order valence-electron chi connectivity index (χ2n) is 6.70. The van der Waals surface area contributed by atoms with E-state index >= 15 is 0 Å². The summed E-state index contributed by atoms with van der Waals surface area (Å²) in [7, 11) is 1.26. The van der Waals surface area contributed by atoms with Crippen molar-refractivity contribution in [2.24, 2.45) is 17.6 Å². The Balaban J connectivity index is 1.89. The first-order chi connectivity index (χ1) is 11.8. The molecule has 4 N–H and O–H groups in total. The maximum absolute atomic E-state index is 12.0. The molecule has 0 radical (unpaired) electrons. The number of esters is 1. The van der Waals surface area contributed by atoms with Crippen LogP contribution in [0.2, 0.25) is 0 Å².